The molecule has 1 aliphatic heterocycles. The van der Waals surface area contributed by atoms with Crippen molar-refractivity contribution in [1.29, 1.82) is 0 Å². The summed E-state index contributed by atoms with van der Waals surface area (Å²) >= 11 is 0. The van der Waals surface area contributed by atoms with Crippen molar-refractivity contribution in [1.82, 2.24) is 5.32 Å². The molecule has 1 aromatic rings. The first-order chi connectivity index (χ1) is 16.8. The number of nitrogens with one attached hydrogen (secondary N) is 1. The number of esters is 2. The van der Waals surface area contributed by atoms with Crippen LogP contribution in [-0.2, 0) is 23.9 Å². The largest absolute Gasteiger partial charge is 0.504 e. The minimum Gasteiger partial charge on any atom is -0.504 e. The van der Waals surface area contributed by atoms with Gasteiger partial charge in [-0.2, -0.15) is 0 Å². The molecule has 0 saturated heterocycles. The average Bonchev–Trinajstić information content (AvgIpc) is 2.83. The summed E-state index contributed by atoms with van der Waals surface area (Å²) in [5, 5.41) is 13.8. The average molecular weight is 484 g/mol. The first-order valence-electron chi connectivity index (χ1n) is 12.2. The molecule has 0 radical (unpaired) electrons. The minimum absolute atomic E-state index is 0.107. The first kappa shape index (κ1) is 24.8. The maximum Gasteiger partial charge on any atom is 0.337 e. The van der Waals surface area contributed by atoms with Crippen molar-refractivity contribution in [2.45, 2.75) is 64.4 Å². The van der Waals surface area contributed by atoms with Crippen LogP contribution in [0.1, 0.15) is 63.9 Å². The molecular formula is C27H33NO7. The van der Waals surface area contributed by atoms with Gasteiger partial charge < -0.3 is 24.6 Å². The van der Waals surface area contributed by atoms with Gasteiger partial charge in [0.05, 0.1) is 19.8 Å². The molecule has 0 unspecified atom stereocenters. The van der Waals surface area contributed by atoms with Crippen molar-refractivity contribution in [2.24, 2.45) is 11.8 Å². The van der Waals surface area contributed by atoms with E-state index in [0.717, 1.165) is 32.1 Å². The Morgan fingerprint density at radius 3 is 2.46 bits per heavy atom. The lowest BCUT2D eigenvalue weighted by Gasteiger charge is -2.38. The Morgan fingerprint density at radius 1 is 1.11 bits per heavy atom. The molecule has 8 nitrogen and oxygen atoms in total. The van der Waals surface area contributed by atoms with Gasteiger partial charge in [0.2, 0.25) is 0 Å². The SMILES string of the molecule is COC(=O)[C@H]1C(=O)C2=C(C[C@@H]1C)NC(C)=C(C(=O)OC1CCCCC1)[C@H]2c1ccc(OC)c(O)c1. The number of hydrogen-bond donors (Lipinski definition) is 2. The Labute approximate surface area is 205 Å². The van der Waals surface area contributed by atoms with E-state index in [1.807, 2.05) is 6.92 Å². The minimum atomic E-state index is -0.969. The standard InChI is InChI=1S/C27H33NO7/c1-14-12-18-24(25(30)21(14)26(31)34-4)23(16-10-11-20(33-3)19(29)13-16)22(15(2)28-18)27(32)35-17-8-6-5-7-9-17/h10-11,13-14,17,21,23,28-29H,5-9,12H2,1-4H3/t14-,21+,23+/m0/s1. The monoisotopic (exact) mass is 483 g/mol. The summed E-state index contributed by atoms with van der Waals surface area (Å²) < 4.78 is 16.0. The molecule has 0 bridgehead atoms. The normalized spacial score (nSPS) is 25.0. The third-order valence-electron chi connectivity index (χ3n) is 7.33. The Hall–Kier alpha value is -3.29. The number of dihydropyridines is 1. The topological polar surface area (TPSA) is 111 Å². The lowest BCUT2D eigenvalue weighted by Crippen LogP contribution is -2.43. The molecule has 0 amide bonds. The van der Waals surface area contributed by atoms with Crippen LogP contribution in [0.25, 0.3) is 0 Å². The maximum absolute atomic E-state index is 13.8. The predicted molar refractivity (Wildman–Crippen MR) is 128 cm³/mol. The Kier molecular flexibility index (Phi) is 7.19. The van der Waals surface area contributed by atoms with Crippen LogP contribution in [0.5, 0.6) is 11.5 Å². The zero-order valence-electron chi connectivity index (χ0n) is 20.7. The number of aromatic hydroxyl groups is 1. The van der Waals surface area contributed by atoms with E-state index in [2.05, 4.69) is 5.32 Å². The molecule has 1 aromatic carbocycles. The van der Waals surface area contributed by atoms with E-state index in [1.54, 1.807) is 19.1 Å². The first-order valence-corrected chi connectivity index (χ1v) is 12.2. The van der Waals surface area contributed by atoms with Gasteiger partial charge in [0.25, 0.3) is 0 Å². The maximum atomic E-state index is 13.8. The Bertz CT molecular complexity index is 1100. The van der Waals surface area contributed by atoms with E-state index in [9.17, 15) is 19.5 Å². The van der Waals surface area contributed by atoms with E-state index < -0.39 is 23.8 Å². The number of phenols is 1. The summed E-state index contributed by atoms with van der Waals surface area (Å²) in [6.45, 7) is 3.63. The van der Waals surface area contributed by atoms with Gasteiger partial charge in [-0.15, -0.1) is 0 Å². The smallest absolute Gasteiger partial charge is 0.337 e. The molecule has 188 valence electrons. The third kappa shape index (κ3) is 4.66. The summed E-state index contributed by atoms with van der Waals surface area (Å²) in [6.07, 6.45) is 5.06. The van der Waals surface area contributed by atoms with Gasteiger partial charge in [-0.3, -0.25) is 9.59 Å². The number of phenolic OH excluding ortho intramolecular Hbond substituents is 1. The fraction of sp³-hybridized carbons (Fsp3) is 0.519. The van der Waals surface area contributed by atoms with Gasteiger partial charge in [0.1, 0.15) is 12.0 Å². The summed E-state index contributed by atoms with van der Waals surface area (Å²) in [5.41, 5.74) is 2.46. The number of carbonyl (C=O) groups is 3. The molecule has 1 saturated carbocycles. The second-order valence-electron chi connectivity index (χ2n) is 9.63. The van der Waals surface area contributed by atoms with Gasteiger partial charge in [-0.1, -0.05) is 19.4 Å². The summed E-state index contributed by atoms with van der Waals surface area (Å²) in [5.74, 6) is -3.33. The number of methoxy groups -OCH3 is 2. The van der Waals surface area contributed by atoms with Gasteiger partial charge in [-0.25, -0.2) is 4.79 Å². The number of Topliss-reactive ketones (excluding diaryl/α,β-unsaturated/α-hetero) is 1. The fourth-order valence-corrected chi connectivity index (χ4v) is 5.57. The number of hydrogen-bond acceptors (Lipinski definition) is 8. The van der Waals surface area contributed by atoms with E-state index in [0.29, 0.717) is 34.5 Å². The van der Waals surface area contributed by atoms with Crippen LogP contribution in [0, 0.1) is 11.8 Å². The molecule has 1 heterocycles. The summed E-state index contributed by atoms with van der Waals surface area (Å²) in [7, 11) is 2.71. The predicted octanol–water partition coefficient (Wildman–Crippen LogP) is 3.89. The summed E-state index contributed by atoms with van der Waals surface area (Å²) in [4.78, 5) is 39.9. The lowest BCUT2D eigenvalue weighted by atomic mass is 9.69. The number of rotatable bonds is 5. The lowest BCUT2D eigenvalue weighted by molar-refractivity contribution is -0.151. The van der Waals surface area contributed by atoms with Crippen molar-refractivity contribution >= 4 is 17.7 Å². The molecule has 0 aromatic heterocycles. The molecule has 3 aliphatic rings. The van der Waals surface area contributed by atoms with E-state index >= 15 is 0 Å². The van der Waals surface area contributed by atoms with Gasteiger partial charge in [0.15, 0.2) is 17.3 Å². The number of benzene rings is 1. The highest BCUT2D eigenvalue weighted by Crippen LogP contribution is 2.47. The third-order valence-corrected chi connectivity index (χ3v) is 7.33. The molecule has 2 N–H and O–H groups in total. The van der Waals surface area contributed by atoms with Crippen LogP contribution in [0.2, 0.25) is 0 Å². The second kappa shape index (κ2) is 10.1. The van der Waals surface area contributed by atoms with Gasteiger partial charge in [0, 0.05) is 22.9 Å². The molecule has 1 fully saturated rings. The van der Waals surface area contributed by atoms with Crippen LogP contribution in [0.3, 0.4) is 0 Å². The Morgan fingerprint density at radius 2 is 1.83 bits per heavy atom. The number of allylic oxidation sites excluding steroid dienone is 3. The van der Waals surface area contributed by atoms with Crippen LogP contribution < -0.4 is 10.1 Å². The van der Waals surface area contributed by atoms with Gasteiger partial charge >= 0.3 is 11.9 Å². The Balaban J connectivity index is 1.81. The van der Waals surface area contributed by atoms with E-state index in [1.165, 1.54) is 20.3 Å². The van der Waals surface area contributed by atoms with Crippen molar-refractivity contribution < 1.29 is 33.7 Å². The quantitative estimate of drug-likeness (QED) is 0.479. The second-order valence-corrected chi connectivity index (χ2v) is 9.63. The fourth-order valence-electron chi connectivity index (χ4n) is 5.57. The van der Waals surface area contributed by atoms with Crippen LogP contribution in [0.4, 0.5) is 0 Å². The van der Waals surface area contributed by atoms with Crippen LogP contribution in [0.15, 0.2) is 40.7 Å². The van der Waals surface area contributed by atoms with Crippen molar-refractivity contribution in [2.75, 3.05) is 14.2 Å². The molecule has 0 spiro atoms. The number of carbonyl (C=O) groups excluding carboxylic acids is 3. The highest BCUT2D eigenvalue weighted by Gasteiger charge is 2.47. The van der Waals surface area contributed by atoms with Crippen LogP contribution >= 0.6 is 0 Å². The number of ether oxygens (including phenoxy) is 3. The molecular weight excluding hydrogens is 450 g/mol. The summed E-state index contributed by atoms with van der Waals surface area (Å²) in [6, 6.07) is 4.82. The highest BCUT2D eigenvalue weighted by molar-refractivity contribution is 6.12. The molecule has 2 aliphatic carbocycles. The van der Waals surface area contributed by atoms with Crippen LogP contribution in [-0.4, -0.2) is 43.2 Å². The van der Waals surface area contributed by atoms with E-state index in [4.69, 9.17) is 14.2 Å². The van der Waals surface area contributed by atoms with E-state index in [-0.39, 0.29) is 29.3 Å². The van der Waals surface area contributed by atoms with Crippen molar-refractivity contribution in [3.63, 3.8) is 0 Å². The molecule has 3 atom stereocenters. The van der Waals surface area contributed by atoms with Crippen molar-refractivity contribution in [3.05, 3.63) is 46.3 Å². The zero-order chi connectivity index (χ0) is 25.3. The number of ketones is 1. The van der Waals surface area contributed by atoms with Gasteiger partial charge in [-0.05, 0) is 62.6 Å². The highest BCUT2D eigenvalue weighted by atomic mass is 16.5. The molecule has 4 rings (SSSR count). The molecule has 35 heavy (non-hydrogen) atoms. The zero-order valence-corrected chi connectivity index (χ0v) is 20.7. The molecule has 8 heteroatoms. The van der Waals surface area contributed by atoms with Crippen molar-refractivity contribution in [3.8, 4) is 11.5 Å².